The molecule has 0 unspecified atom stereocenters. The minimum Gasteiger partial charge on any atom is -0.496 e. The molecule has 2 aromatic heterocycles. The average Bonchev–Trinajstić information content (AvgIpc) is 3.72. The Balaban J connectivity index is 0.000000168. The quantitative estimate of drug-likeness (QED) is 0.188. The van der Waals surface area contributed by atoms with Crippen LogP contribution in [0.15, 0.2) is 93.8 Å². The van der Waals surface area contributed by atoms with E-state index >= 15 is 0 Å². The number of hydrogen-bond acceptors (Lipinski definition) is 2. The number of hydrogen-bond donors (Lipinski definition) is 0. The first-order valence-electron chi connectivity index (χ1n) is 13.2. The first-order valence-corrected chi connectivity index (χ1v) is 13.2. The average molecular weight is 566 g/mol. The molecule has 0 aliphatic rings. The SMILES string of the molecule is CCc1ccc(-c2cc3c(CC)cccc3[cH-]2)o1.CCc1ccc(-c2cc3c(CC)cccc3[cH-]2)o1.[Zr+2]. The van der Waals surface area contributed by atoms with Gasteiger partial charge in [-0.1, -0.05) is 74.2 Å². The van der Waals surface area contributed by atoms with Crippen LogP contribution in [0.3, 0.4) is 0 Å². The van der Waals surface area contributed by atoms with Crippen molar-refractivity contribution < 1.29 is 35.0 Å². The van der Waals surface area contributed by atoms with Crippen LogP contribution in [0.25, 0.3) is 44.2 Å². The van der Waals surface area contributed by atoms with Gasteiger partial charge in [0, 0.05) is 12.8 Å². The third-order valence-corrected chi connectivity index (χ3v) is 7.03. The van der Waals surface area contributed by atoms with E-state index in [0.29, 0.717) is 0 Å². The normalized spacial score (nSPS) is 10.9. The van der Waals surface area contributed by atoms with Gasteiger partial charge < -0.3 is 8.83 Å². The van der Waals surface area contributed by atoms with Gasteiger partial charge in [0.1, 0.15) is 0 Å². The van der Waals surface area contributed by atoms with E-state index in [-0.39, 0.29) is 26.2 Å². The second kappa shape index (κ2) is 12.1. The first-order chi connectivity index (χ1) is 17.6. The monoisotopic (exact) mass is 564 g/mol. The number of rotatable bonds is 6. The largest absolute Gasteiger partial charge is 2.00 e. The summed E-state index contributed by atoms with van der Waals surface area (Å²) >= 11 is 0. The summed E-state index contributed by atoms with van der Waals surface area (Å²) in [6, 6.07) is 30.2. The van der Waals surface area contributed by atoms with Crippen molar-refractivity contribution in [3.8, 4) is 22.6 Å². The molecule has 0 radical (unpaired) electrons. The molecule has 3 heteroatoms. The molecule has 2 nitrogen and oxygen atoms in total. The molecule has 6 rings (SSSR count). The van der Waals surface area contributed by atoms with Gasteiger partial charge in [-0.15, -0.1) is 57.9 Å². The molecule has 0 fully saturated rings. The van der Waals surface area contributed by atoms with Crippen LogP contribution in [0.5, 0.6) is 0 Å². The summed E-state index contributed by atoms with van der Waals surface area (Å²) in [6.07, 6.45) is 4.03. The molecular weight excluding hydrogens is 532 g/mol. The fourth-order valence-corrected chi connectivity index (χ4v) is 4.95. The molecule has 4 aromatic carbocycles. The van der Waals surface area contributed by atoms with E-state index in [1.807, 2.05) is 0 Å². The van der Waals surface area contributed by atoms with Crippen LogP contribution in [-0.2, 0) is 51.9 Å². The number of benzene rings is 2. The van der Waals surface area contributed by atoms with Crippen molar-refractivity contribution in [1.29, 1.82) is 0 Å². The van der Waals surface area contributed by atoms with Crippen molar-refractivity contribution >= 4 is 21.5 Å². The molecule has 0 spiro atoms. The maximum absolute atomic E-state index is 5.82. The van der Waals surface area contributed by atoms with E-state index in [4.69, 9.17) is 8.83 Å². The molecule has 0 amide bonds. The second-order valence-corrected chi connectivity index (χ2v) is 9.27. The van der Waals surface area contributed by atoms with Gasteiger partial charge in [0.15, 0.2) is 0 Å². The van der Waals surface area contributed by atoms with Crippen molar-refractivity contribution in [1.82, 2.24) is 0 Å². The smallest absolute Gasteiger partial charge is 0.496 e. The summed E-state index contributed by atoms with van der Waals surface area (Å²) in [6.45, 7) is 8.62. The number of aryl methyl sites for hydroxylation is 4. The maximum Gasteiger partial charge on any atom is 2.00 e. The molecule has 0 aliphatic heterocycles. The van der Waals surface area contributed by atoms with E-state index in [1.165, 1.54) is 43.8 Å². The van der Waals surface area contributed by atoms with Crippen molar-refractivity contribution in [3.05, 3.63) is 108 Å². The second-order valence-electron chi connectivity index (χ2n) is 9.27. The summed E-state index contributed by atoms with van der Waals surface area (Å²) in [4.78, 5) is 0. The van der Waals surface area contributed by atoms with E-state index in [2.05, 4.69) is 113 Å². The predicted molar refractivity (Wildman–Crippen MR) is 152 cm³/mol. The van der Waals surface area contributed by atoms with Crippen LogP contribution in [0.1, 0.15) is 50.3 Å². The van der Waals surface area contributed by atoms with Gasteiger partial charge in [0.2, 0.25) is 0 Å². The van der Waals surface area contributed by atoms with E-state index < -0.39 is 0 Å². The fraction of sp³-hybridized carbons (Fsp3) is 0.235. The molecule has 0 N–H and O–H groups in total. The minimum atomic E-state index is 0. The molecule has 6 aromatic rings. The van der Waals surface area contributed by atoms with Crippen molar-refractivity contribution in [2.45, 2.75) is 53.4 Å². The summed E-state index contributed by atoms with van der Waals surface area (Å²) in [5.74, 6) is 4.05. The van der Waals surface area contributed by atoms with Gasteiger partial charge >= 0.3 is 26.2 Å². The third-order valence-electron chi connectivity index (χ3n) is 7.03. The molecule has 37 heavy (non-hydrogen) atoms. The zero-order valence-corrected chi connectivity index (χ0v) is 24.7. The molecular formula is C34H34O2Zr. The van der Waals surface area contributed by atoms with Crippen LogP contribution in [-0.4, -0.2) is 0 Å². The van der Waals surface area contributed by atoms with Crippen molar-refractivity contribution in [2.24, 2.45) is 0 Å². The molecule has 0 bridgehead atoms. The Kier molecular flexibility index (Phi) is 8.88. The van der Waals surface area contributed by atoms with E-state index in [1.54, 1.807) is 0 Å². The molecule has 2 heterocycles. The van der Waals surface area contributed by atoms with E-state index in [9.17, 15) is 0 Å². The topological polar surface area (TPSA) is 26.3 Å². The summed E-state index contributed by atoms with van der Waals surface area (Å²) in [5.41, 5.74) is 5.18. The number of fused-ring (bicyclic) bond motifs is 2. The van der Waals surface area contributed by atoms with Crippen LogP contribution in [0.2, 0.25) is 0 Å². The maximum atomic E-state index is 5.82. The van der Waals surface area contributed by atoms with Gasteiger partial charge in [-0.2, -0.15) is 0 Å². The van der Waals surface area contributed by atoms with Gasteiger partial charge in [-0.25, -0.2) is 0 Å². The van der Waals surface area contributed by atoms with Gasteiger partial charge in [-0.05, 0) is 37.1 Å². The Labute approximate surface area is 239 Å². The fourth-order valence-electron chi connectivity index (χ4n) is 4.95. The molecule has 0 saturated heterocycles. The van der Waals surface area contributed by atoms with Crippen LogP contribution in [0.4, 0.5) is 0 Å². The van der Waals surface area contributed by atoms with Gasteiger partial charge in [0.05, 0.1) is 23.0 Å². The van der Waals surface area contributed by atoms with Crippen LogP contribution < -0.4 is 0 Å². The van der Waals surface area contributed by atoms with Crippen LogP contribution in [0, 0.1) is 0 Å². The Morgan fingerprint density at radius 3 is 1.32 bits per heavy atom. The zero-order chi connectivity index (χ0) is 25.1. The third kappa shape index (κ3) is 5.68. The molecule has 0 aliphatic carbocycles. The predicted octanol–water partition coefficient (Wildman–Crippen LogP) is 9.88. The summed E-state index contributed by atoms with van der Waals surface area (Å²) in [7, 11) is 0. The van der Waals surface area contributed by atoms with E-state index in [0.717, 1.165) is 48.7 Å². The summed E-state index contributed by atoms with van der Waals surface area (Å²) < 4.78 is 11.6. The Morgan fingerprint density at radius 2 is 0.973 bits per heavy atom. The van der Waals surface area contributed by atoms with Crippen molar-refractivity contribution in [2.75, 3.05) is 0 Å². The Morgan fingerprint density at radius 1 is 0.541 bits per heavy atom. The molecule has 186 valence electrons. The number of furan rings is 2. The molecule has 0 atom stereocenters. The molecule has 0 saturated carbocycles. The van der Waals surface area contributed by atoms with Gasteiger partial charge in [0.25, 0.3) is 0 Å². The first kappa shape index (κ1) is 27.1. The zero-order valence-electron chi connectivity index (χ0n) is 22.2. The standard InChI is InChI=1S/2C17H17O.Zr/c2*1-3-12-6-5-7-13-10-14(11-16(12)13)17-9-8-15(4-2)18-17;/h2*5-11H,3-4H2,1-2H3;/q2*-1;+2. The van der Waals surface area contributed by atoms with Crippen LogP contribution >= 0.6 is 0 Å². The Bertz CT molecular complexity index is 1470. The summed E-state index contributed by atoms with van der Waals surface area (Å²) in [5, 5.41) is 5.31. The van der Waals surface area contributed by atoms with Gasteiger partial charge in [-0.3, -0.25) is 0 Å². The van der Waals surface area contributed by atoms with Crippen molar-refractivity contribution in [3.63, 3.8) is 0 Å². The minimum absolute atomic E-state index is 0. The Hall–Kier alpha value is -2.90.